The molecule has 3 atom stereocenters. The molecule has 2 aromatic carbocycles. The Morgan fingerprint density at radius 2 is 1.58 bits per heavy atom. The van der Waals surface area contributed by atoms with Crippen LogP contribution in [0.25, 0.3) is 0 Å². The Morgan fingerprint density at radius 3 is 2.16 bits per heavy atom. The number of carbonyl (C=O) groups excluding carboxylic acids is 4. The lowest BCUT2D eigenvalue weighted by Crippen LogP contribution is -2.56. The molecular formula is C31H43N9O5. The van der Waals surface area contributed by atoms with Gasteiger partial charge in [-0.15, -0.1) is 0 Å². The molecule has 0 saturated carbocycles. The van der Waals surface area contributed by atoms with E-state index in [4.69, 9.17) is 33.1 Å². The minimum Gasteiger partial charge on any atom is -0.384 e. The van der Waals surface area contributed by atoms with Crippen molar-refractivity contribution in [2.75, 3.05) is 39.9 Å². The van der Waals surface area contributed by atoms with E-state index in [-0.39, 0.29) is 43.5 Å². The summed E-state index contributed by atoms with van der Waals surface area (Å²) in [5, 5.41) is 10.4. The number of morpholine rings is 1. The monoisotopic (exact) mass is 621 g/mol. The fraction of sp³-hybridized carbons (Fsp3) is 0.419. The first-order valence-corrected chi connectivity index (χ1v) is 14.7. The Kier molecular flexibility index (Phi) is 12.8. The second kappa shape index (κ2) is 16.8. The minimum atomic E-state index is -1.14. The number of amidine groups is 1. The van der Waals surface area contributed by atoms with Crippen LogP contribution in [0.4, 0.5) is 0 Å². The number of guanidine groups is 1. The van der Waals surface area contributed by atoms with Gasteiger partial charge in [-0.3, -0.25) is 29.6 Å². The molecule has 0 aromatic heterocycles. The lowest BCUT2D eigenvalue weighted by Gasteiger charge is -2.34. The van der Waals surface area contributed by atoms with Gasteiger partial charge in [0.1, 0.15) is 23.8 Å². The minimum absolute atomic E-state index is 0.0614. The molecule has 1 aliphatic rings. The van der Waals surface area contributed by atoms with Crippen molar-refractivity contribution in [2.45, 2.75) is 37.8 Å². The number of hydrogen-bond donors (Lipinski definition) is 6. The lowest BCUT2D eigenvalue weighted by atomic mass is 9.94. The fourth-order valence-corrected chi connectivity index (χ4v) is 5.04. The zero-order valence-corrected chi connectivity index (χ0v) is 25.5. The second-order valence-electron chi connectivity index (χ2n) is 10.9. The fourth-order valence-electron chi connectivity index (χ4n) is 5.04. The molecule has 1 fully saturated rings. The standard InChI is InChI=1S/C31H43N9O5/c1-39(25(19-20-6-3-2-4-7-20)28(42)38-24(27(34)41)8-5-13-37-31(35)36)29(43)23(30(44)40-14-16-45-17-15-40)18-21-9-11-22(12-10-21)26(32)33/h2-4,6-7,9-12,23-25H,5,8,13-19H2,1H3,(H3,32,33)(H2,34,41)(H,38,42)(H4,35,36,37)/t23?,24-,25-/m0/s1. The largest absolute Gasteiger partial charge is 0.384 e. The molecule has 45 heavy (non-hydrogen) atoms. The van der Waals surface area contributed by atoms with Gasteiger partial charge in [-0.25, -0.2) is 0 Å². The van der Waals surface area contributed by atoms with Crippen LogP contribution < -0.4 is 28.3 Å². The van der Waals surface area contributed by atoms with Crippen molar-refractivity contribution in [2.24, 2.45) is 33.8 Å². The third-order valence-electron chi connectivity index (χ3n) is 7.62. The van der Waals surface area contributed by atoms with Gasteiger partial charge in [0.15, 0.2) is 5.96 Å². The number of carbonyl (C=O) groups is 4. The molecule has 14 heteroatoms. The maximum Gasteiger partial charge on any atom is 0.243 e. The molecule has 1 unspecified atom stereocenters. The van der Waals surface area contributed by atoms with Gasteiger partial charge < -0.3 is 42.8 Å². The van der Waals surface area contributed by atoms with Crippen molar-refractivity contribution < 1.29 is 23.9 Å². The van der Waals surface area contributed by atoms with Gasteiger partial charge in [0.25, 0.3) is 0 Å². The summed E-state index contributed by atoms with van der Waals surface area (Å²) in [6.45, 7) is 1.62. The van der Waals surface area contributed by atoms with Gasteiger partial charge >= 0.3 is 0 Å². The van der Waals surface area contributed by atoms with E-state index in [2.05, 4.69) is 10.3 Å². The molecule has 14 nitrogen and oxygen atoms in total. The highest BCUT2D eigenvalue weighted by molar-refractivity contribution is 6.02. The smallest absolute Gasteiger partial charge is 0.243 e. The molecule has 3 rings (SSSR count). The molecule has 4 amide bonds. The van der Waals surface area contributed by atoms with Crippen LogP contribution in [0.2, 0.25) is 0 Å². The number of rotatable bonds is 15. The van der Waals surface area contributed by atoms with E-state index in [0.29, 0.717) is 43.9 Å². The predicted molar refractivity (Wildman–Crippen MR) is 170 cm³/mol. The van der Waals surface area contributed by atoms with Crippen molar-refractivity contribution in [3.63, 3.8) is 0 Å². The second-order valence-corrected chi connectivity index (χ2v) is 10.9. The van der Waals surface area contributed by atoms with Crippen molar-refractivity contribution in [3.05, 3.63) is 71.3 Å². The molecule has 10 N–H and O–H groups in total. The highest BCUT2D eigenvalue weighted by Crippen LogP contribution is 2.20. The summed E-state index contributed by atoms with van der Waals surface area (Å²) in [5.74, 6) is -3.60. The van der Waals surface area contributed by atoms with E-state index >= 15 is 0 Å². The van der Waals surface area contributed by atoms with Crippen LogP contribution in [0.1, 0.15) is 29.5 Å². The van der Waals surface area contributed by atoms with Crippen LogP contribution in [0.15, 0.2) is 59.6 Å². The maximum absolute atomic E-state index is 14.2. The highest BCUT2D eigenvalue weighted by atomic mass is 16.5. The summed E-state index contributed by atoms with van der Waals surface area (Å²) in [6, 6.07) is 13.8. The Bertz CT molecular complexity index is 1360. The van der Waals surface area contributed by atoms with Crippen LogP contribution in [-0.4, -0.2) is 97.2 Å². The number of nitrogens with two attached hydrogens (primary N) is 4. The number of nitrogens with one attached hydrogen (secondary N) is 2. The molecule has 1 aliphatic heterocycles. The van der Waals surface area contributed by atoms with Gasteiger partial charge in [-0.2, -0.15) is 0 Å². The highest BCUT2D eigenvalue weighted by Gasteiger charge is 2.38. The Labute approximate surface area is 262 Å². The Hall–Kier alpha value is -4.98. The summed E-state index contributed by atoms with van der Waals surface area (Å²) in [6.07, 6.45) is 0.747. The molecular weight excluding hydrogens is 578 g/mol. The number of amides is 4. The van der Waals surface area contributed by atoms with Crippen molar-refractivity contribution in [1.29, 1.82) is 5.41 Å². The average Bonchev–Trinajstić information content (AvgIpc) is 3.03. The number of primary amides is 1. The number of nitrogens with zero attached hydrogens (tertiary/aromatic N) is 3. The van der Waals surface area contributed by atoms with Gasteiger partial charge in [0.2, 0.25) is 23.6 Å². The first-order valence-electron chi connectivity index (χ1n) is 14.7. The summed E-state index contributed by atoms with van der Waals surface area (Å²) >= 11 is 0. The van der Waals surface area contributed by atoms with Gasteiger partial charge in [0, 0.05) is 38.7 Å². The van der Waals surface area contributed by atoms with Crippen molar-refractivity contribution in [3.8, 4) is 0 Å². The van der Waals surface area contributed by atoms with E-state index in [9.17, 15) is 19.2 Å². The normalized spacial score (nSPS) is 14.8. The van der Waals surface area contributed by atoms with Gasteiger partial charge in [-0.05, 0) is 30.4 Å². The Morgan fingerprint density at radius 1 is 0.956 bits per heavy atom. The van der Waals surface area contributed by atoms with E-state index < -0.39 is 35.7 Å². The molecule has 242 valence electrons. The molecule has 0 radical (unpaired) electrons. The van der Waals surface area contributed by atoms with Crippen LogP contribution in [0.5, 0.6) is 0 Å². The zero-order chi connectivity index (χ0) is 32.9. The van der Waals surface area contributed by atoms with Crippen LogP contribution >= 0.6 is 0 Å². The number of likely N-dealkylation sites (N-methyl/N-ethyl adjacent to an activating group) is 1. The number of benzene rings is 2. The van der Waals surface area contributed by atoms with E-state index in [1.54, 1.807) is 29.2 Å². The van der Waals surface area contributed by atoms with E-state index in [0.717, 1.165) is 5.56 Å². The topological polar surface area (TPSA) is 236 Å². The summed E-state index contributed by atoms with van der Waals surface area (Å²) in [7, 11) is 1.48. The van der Waals surface area contributed by atoms with Gasteiger partial charge in [-0.1, -0.05) is 54.6 Å². The quantitative estimate of drug-likeness (QED) is 0.0628. The molecule has 1 saturated heterocycles. The number of ether oxygens (including phenoxy) is 1. The average molecular weight is 622 g/mol. The third kappa shape index (κ3) is 10.3. The number of nitrogen functional groups attached to an aromatic ring is 1. The SMILES string of the molecule is CN(C(=O)C(Cc1ccc(C(=N)N)cc1)C(=O)N1CCOCC1)[C@@H](Cc1ccccc1)C(=O)N[C@@H](CCCN=C(N)N)C(N)=O. The summed E-state index contributed by atoms with van der Waals surface area (Å²) < 4.78 is 5.40. The lowest BCUT2D eigenvalue weighted by molar-refractivity contribution is -0.152. The van der Waals surface area contributed by atoms with E-state index in [1.807, 2.05) is 30.3 Å². The van der Waals surface area contributed by atoms with Crippen molar-refractivity contribution >= 4 is 35.4 Å². The molecule has 0 spiro atoms. The molecule has 0 aliphatic carbocycles. The molecule has 1 heterocycles. The summed E-state index contributed by atoms with van der Waals surface area (Å²) in [5.41, 5.74) is 23.9. The maximum atomic E-state index is 14.2. The molecule has 2 aromatic rings. The first kappa shape index (κ1) is 34.5. The number of hydrogen-bond acceptors (Lipinski definition) is 7. The Balaban J connectivity index is 1.90. The predicted octanol–water partition coefficient (Wildman–Crippen LogP) is -0.918. The first-order chi connectivity index (χ1) is 21.5. The van der Waals surface area contributed by atoms with Crippen molar-refractivity contribution in [1.82, 2.24) is 15.1 Å². The van der Waals surface area contributed by atoms with Crippen LogP contribution in [0, 0.1) is 11.3 Å². The third-order valence-corrected chi connectivity index (χ3v) is 7.62. The van der Waals surface area contributed by atoms with Crippen LogP contribution in [-0.2, 0) is 36.8 Å². The number of aliphatic imine (C=N–C) groups is 1. The molecule has 0 bridgehead atoms. The van der Waals surface area contributed by atoms with Gasteiger partial charge in [0.05, 0.1) is 13.2 Å². The zero-order valence-electron chi connectivity index (χ0n) is 25.5. The summed E-state index contributed by atoms with van der Waals surface area (Å²) in [4.78, 5) is 60.8. The van der Waals surface area contributed by atoms with Crippen LogP contribution in [0.3, 0.4) is 0 Å². The van der Waals surface area contributed by atoms with E-state index in [1.165, 1.54) is 11.9 Å².